The van der Waals surface area contributed by atoms with Crippen LogP contribution in [0.5, 0.6) is 5.75 Å². The van der Waals surface area contributed by atoms with Gasteiger partial charge < -0.3 is 14.7 Å². The van der Waals surface area contributed by atoms with Crippen molar-refractivity contribution in [3.63, 3.8) is 0 Å². The average molecular weight is 446 g/mol. The number of thiophene rings is 1. The van der Waals surface area contributed by atoms with E-state index in [9.17, 15) is 9.90 Å². The molecule has 6 nitrogen and oxygen atoms in total. The first-order valence-corrected chi connectivity index (χ1v) is 11.2. The Bertz CT molecular complexity index is 976. The standard InChI is InChI=1S/C22H27N3O3S2/c1-13-5-6-17(11-14(13)2)20-19(26)18(12-30-20)15(3)23-24-22(29)25-9-7-16(8-10-25)21(27)28-4/h5-6,11-12,16,26H,7-10H2,1-4H3,(H,24,29)/b23-15-. The Morgan fingerprint density at radius 3 is 2.63 bits per heavy atom. The number of hydrogen-bond acceptors (Lipinski definition) is 6. The number of aromatic hydroxyl groups is 1. The van der Waals surface area contributed by atoms with Crippen LogP contribution in [0.15, 0.2) is 28.7 Å². The molecule has 1 saturated heterocycles. The maximum absolute atomic E-state index is 11.7. The van der Waals surface area contributed by atoms with Gasteiger partial charge in [0.05, 0.1) is 29.2 Å². The fourth-order valence-electron chi connectivity index (χ4n) is 3.44. The lowest BCUT2D eigenvalue weighted by molar-refractivity contribution is -0.146. The van der Waals surface area contributed by atoms with Gasteiger partial charge in [0.25, 0.3) is 0 Å². The summed E-state index contributed by atoms with van der Waals surface area (Å²) < 4.78 is 4.82. The summed E-state index contributed by atoms with van der Waals surface area (Å²) in [6.45, 7) is 7.34. The topological polar surface area (TPSA) is 74.2 Å². The number of hydrazone groups is 1. The highest BCUT2D eigenvalue weighted by molar-refractivity contribution is 7.80. The summed E-state index contributed by atoms with van der Waals surface area (Å²) in [6.07, 6.45) is 1.42. The molecule has 1 aromatic carbocycles. The molecule has 30 heavy (non-hydrogen) atoms. The zero-order chi connectivity index (χ0) is 21.8. The van der Waals surface area contributed by atoms with Crippen molar-refractivity contribution in [2.24, 2.45) is 11.0 Å². The Balaban J connectivity index is 1.65. The van der Waals surface area contributed by atoms with Crippen LogP contribution < -0.4 is 5.43 Å². The van der Waals surface area contributed by atoms with Crippen molar-refractivity contribution < 1.29 is 14.6 Å². The van der Waals surface area contributed by atoms with E-state index in [1.54, 1.807) is 0 Å². The molecule has 0 bridgehead atoms. The average Bonchev–Trinajstić information content (AvgIpc) is 3.14. The molecule has 3 rings (SSSR count). The summed E-state index contributed by atoms with van der Waals surface area (Å²) in [4.78, 5) is 14.5. The van der Waals surface area contributed by atoms with Crippen molar-refractivity contribution in [2.75, 3.05) is 20.2 Å². The number of aryl methyl sites for hydroxylation is 2. The Labute approximate surface area is 186 Å². The van der Waals surface area contributed by atoms with Crippen LogP contribution in [-0.2, 0) is 9.53 Å². The minimum absolute atomic E-state index is 0.0640. The van der Waals surface area contributed by atoms with Crippen LogP contribution in [0.3, 0.4) is 0 Å². The summed E-state index contributed by atoms with van der Waals surface area (Å²) in [7, 11) is 1.42. The highest BCUT2D eigenvalue weighted by atomic mass is 32.1. The van der Waals surface area contributed by atoms with Gasteiger partial charge in [0.2, 0.25) is 0 Å². The van der Waals surface area contributed by atoms with Crippen molar-refractivity contribution >= 4 is 40.3 Å². The SMILES string of the molecule is COC(=O)C1CCN(C(=S)N/N=C(/C)c2csc(-c3ccc(C)c(C)c3)c2O)CC1. The largest absolute Gasteiger partial charge is 0.506 e. The number of nitrogens with one attached hydrogen (secondary N) is 1. The van der Waals surface area contributed by atoms with Gasteiger partial charge in [0.15, 0.2) is 5.11 Å². The number of nitrogens with zero attached hydrogens (tertiary/aromatic N) is 2. The molecule has 0 atom stereocenters. The van der Waals surface area contributed by atoms with E-state index in [0.717, 1.165) is 10.4 Å². The molecule has 8 heteroatoms. The quantitative estimate of drug-likeness (QED) is 0.318. The van der Waals surface area contributed by atoms with Crippen LogP contribution in [0.2, 0.25) is 0 Å². The molecule has 0 aliphatic carbocycles. The van der Waals surface area contributed by atoms with Gasteiger partial charge in [-0.15, -0.1) is 11.3 Å². The van der Waals surface area contributed by atoms with Gasteiger partial charge in [0, 0.05) is 18.5 Å². The number of ether oxygens (including phenoxy) is 1. The zero-order valence-electron chi connectivity index (χ0n) is 17.7. The number of benzene rings is 1. The summed E-state index contributed by atoms with van der Waals surface area (Å²) in [6, 6.07) is 6.17. The van der Waals surface area contributed by atoms with Crippen LogP contribution in [0.25, 0.3) is 10.4 Å². The minimum Gasteiger partial charge on any atom is -0.506 e. The van der Waals surface area contributed by atoms with E-state index >= 15 is 0 Å². The van der Waals surface area contributed by atoms with Crippen molar-refractivity contribution in [2.45, 2.75) is 33.6 Å². The fraction of sp³-hybridized carbons (Fsp3) is 0.409. The number of piperidine rings is 1. The van der Waals surface area contributed by atoms with E-state index in [4.69, 9.17) is 17.0 Å². The number of likely N-dealkylation sites (tertiary alicyclic amines) is 1. The van der Waals surface area contributed by atoms with E-state index < -0.39 is 0 Å². The number of carbonyl (C=O) groups is 1. The second-order valence-electron chi connectivity index (χ2n) is 7.52. The van der Waals surface area contributed by atoms with E-state index in [1.807, 2.05) is 23.3 Å². The first-order chi connectivity index (χ1) is 14.3. The van der Waals surface area contributed by atoms with Crippen LogP contribution in [0.4, 0.5) is 0 Å². The summed E-state index contributed by atoms with van der Waals surface area (Å²) in [5, 5.41) is 17.5. The molecular formula is C22H27N3O3S2. The lowest BCUT2D eigenvalue weighted by Crippen LogP contribution is -2.44. The zero-order valence-corrected chi connectivity index (χ0v) is 19.3. The van der Waals surface area contributed by atoms with E-state index in [2.05, 4.69) is 36.5 Å². The third-order valence-corrected chi connectivity index (χ3v) is 6.93. The van der Waals surface area contributed by atoms with Crippen molar-refractivity contribution in [1.82, 2.24) is 10.3 Å². The lowest BCUT2D eigenvalue weighted by atomic mass is 9.97. The van der Waals surface area contributed by atoms with Crippen LogP contribution >= 0.6 is 23.6 Å². The van der Waals surface area contributed by atoms with Crippen LogP contribution in [-0.4, -0.2) is 47.0 Å². The van der Waals surface area contributed by atoms with E-state index in [1.165, 1.54) is 29.6 Å². The monoisotopic (exact) mass is 445 g/mol. The van der Waals surface area contributed by atoms with E-state index in [0.29, 0.717) is 42.3 Å². The Morgan fingerprint density at radius 2 is 2.00 bits per heavy atom. The van der Waals surface area contributed by atoms with Crippen molar-refractivity contribution in [1.29, 1.82) is 0 Å². The Kier molecular flexibility index (Phi) is 7.10. The smallest absolute Gasteiger partial charge is 0.308 e. The van der Waals surface area contributed by atoms with Gasteiger partial charge in [-0.05, 0) is 62.5 Å². The molecule has 0 spiro atoms. The predicted octanol–water partition coefficient (Wildman–Crippen LogP) is 4.22. The summed E-state index contributed by atoms with van der Waals surface area (Å²) in [5.74, 6) is 0.0110. The molecule has 0 saturated carbocycles. The number of esters is 1. The molecule has 0 radical (unpaired) electrons. The van der Waals surface area contributed by atoms with E-state index in [-0.39, 0.29) is 17.6 Å². The first kappa shape index (κ1) is 22.2. The number of carbonyl (C=O) groups excluding carboxylic acids is 1. The highest BCUT2D eigenvalue weighted by Gasteiger charge is 2.26. The normalized spacial score (nSPS) is 15.2. The second kappa shape index (κ2) is 9.57. The first-order valence-electron chi connectivity index (χ1n) is 9.87. The molecule has 160 valence electrons. The number of methoxy groups -OCH3 is 1. The number of thiocarbonyl (C=S) groups is 1. The van der Waals surface area contributed by atoms with Gasteiger partial charge >= 0.3 is 5.97 Å². The van der Waals surface area contributed by atoms with Crippen LogP contribution in [0.1, 0.15) is 36.5 Å². The fourth-order valence-corrected chi connectivity index (χ4v) is 4.67. The Hall–Kier alpha value is -2.45. The van der Waals surface area contributed by atoms with Gasteiger partial charge in [-0.1, -0.05) is 18.2 Å². The molecule has 1 aliphatic heterocycles. The molecule has 2 N–H and O–H groups in total. The van der Waals surface area contributed by atoms with Gasteiger partial charge in [-0.25, -0.2) is 0 Å². The molecule has 2 heterocycles. The minimum atomic E-state index is -0.157. The van der Waals surface area contributed by atoms with Crippen LogP contribution in [0, 0.1) is 19.8 Å². The highest BCUT2D eigenvalue weighted by Crippen LogP contribution is 2.39. The third-order valence-electron chi connectivity index (χ3n) is 5.56. The van der Waals surface area contributed by atoms with Crippen molar-refractivity contribution in [3.05, 3.63) is 40.3 Å². The number of hydrogen-bond donors (Lipinski definition) is 2. The van der Waals surface area contributed by atoms with Gasteiger partial charge in [-0.2, -0.15) is 5.10 Å². The molecular weight excluding hydrogens is 418 g/mol. The Morgan fingerprint density at radius 1 is 1.30 bits per heavy atom. The van der Waals surface area contributed by atoms with Gasteiger partial charge in [0.1, 0.15) is 5.75 Å². The lowest BCUT2D eigenvalue weighted by Gasteiger charge is -2.31. The summed E-state index contributed by atoms with van der Waals surface area (Å²) >= 11 is 6.94. The van der Waals surface area contributed by atoms with Crippen molar-refractivity contribution in [3.8, 4) is 16.2 Å². The second-order valence-corrected chi connectivity index (χ2v) is 8.79. The maximum Gasteiger partial charge on any atom is 0.308 e. The molecule has 0 unspecified atom stereocenters. The maximum atomic E-state index is 11.7. The van der Waals surface area contributed by atoms with Gasteiger partial charge in [-0.3, -0.25) is 10.2 Å². The molecule has 2 aromatic rings. The summed E-state index contributed by atoms with van der Waals surface area (Å²) in [5.41, 5.74) is 7.68. The molecule has 0 amide bonds. The molecule has 1 aliphatic rings. The predicted molar refractivity (Wildman–Crippen MR) is 125 cm³/mol. The molecule has 1 fully saturated rings. The molecule has 1 aromatic heterocycles. The number of rotatable bonds is 4. The third kappa shape index (κ3) is 4.82.